The number of aromatic carboxylic acids is 1. The van der Waals surface area contributed by atoms with Crippen LogP contribution in [0.1, 0.15) is 35.7 Å². The van der Waals surface area contributed by atoms with Crippen molar-refractivity contribution < 1.29 is 29.0 Å². The minimum absolute atomic E-state index is 0.125. The Morgan fingerprint density at radius 3 is 2.52 bits per heavy atom. The van der Waals surface area contributed by atoms with Crippen LogP contribution in [0.15, 0.2) is 29.2 Å². The van der Waals surface area contributed by atoms with E-state index >= 15 is 0 Å². The normalized spacial score (nSPS) is 15.7. The molecule has 0 unspecified atom stereocenters. The van der Waals surface area contributed by atoms with Crippen molar-refractivity contribution in [1.29, 1.82) is 0 Å². The Bertz CT molecular complexity index is 725. The van der Waals surface area contributed by atoms with E-state index in [1.165, 1.54) is 30.3 Å². The summed E-state index contributed by atoms with van der Waals surface area (Å²) in [5.41, 5.74) is 0.709. The van der Waals surface area contributed by atoms with Crippen LogP contribution >= 0.6 is 11.8 Å². The fourth-order valence-electron chi connectivity index (χ4n) is 2.01. The third kappa shape index (κ3) is 4.93. The van der Waals surface area contributed by atoms with Crippen LogP contribution in [0.5, 0.6) is 0 Å². The standard InChI is InChI=1S/C17H17NO6S/c1-2-3-8-24-14(19)10-18-15(20)13(25-17(18)23)9-11-4-6-12(7-5-11)16(21)22/h4-7,9H,2-3,8,10H2,1H3,(H,21,22)/b13-9-. The Labute approximate surface area is 148 Å². The number of unbranched alkanes of at least 4 members (excludes halogenated alkanes) is 1. The number of carbonyl (C=O) groups excluding carboxylic acids is 3. The summed E-state index contributed by atoms with van der Waals surface area (Å²) in [7, 11) is 0. The number of nitrogens with zero attached hydrogens (tertiary/aromatic N) is 1. The minimum atomic E-state index is -1.05. The Hall–Kier alpha value is -2.61. The van der Waals surface area contributed by atoms with Crippen molar-refractivity contribution in [3.63, 3.8) is 0 Å². The molecule has 1 N–H and O–H groups in total. The summed E-state index contributed by atoms with van der Waals surface area (Å²) in [5.74, 6) is -2.24. The molecule has 1 heterocycles. The quantitative estimate of drug-likeness (QED) is 0.451. The second kappa shape index (κ2) is 8.48. The lowest BCUT2D eigenvalue weighted by atomic mass is 10.1. The molecule has 0 spiro atoms. The number of hydrogen-bond donors (Lipinski definition) is 1. The van der Waals surface area contributed by atoms with Crippen molar-refractivity contribution in [1.82, 2.24) is 4.90 Å². The van der Waals surface area contributed by atoms with Crippen LogP contribution in [0.25, 0.3) is 6.08 Å². The molecule has 1 fully saturated rings. The summed E-state index contributed by atoms with van der Waals surface area (Å²) in [6.07, 6.45) is 3.08. The van der Waals surface area contributed by atoms with Gasteiger partial charge in [0.2, 0.25) is 0 Å². The van der Waals surface area contributed by atoms with Crippen LogP contribution in [0, 0.1) is 0 Å². The van der Waals surface area contributed by atoms with Crippen LogP contribution in [-0.2, 0) is 14.3 Å². The first-order valence-corrected chi connectivity index (χ1v) is 8.48. The highest BCUT2D eigenvalue weighted by molar-refractivity contribution is 8.18. The topological polar surface area (TPSA) is 101 Å². The molecule has 0 aromatic heterocycles. The Morgan fingerprint density at radius 1 is 1.24 bits per heavy atom. The molecule has 7 nitrogen and oxygen atoms in total. The molecule has 0 bridgehead atoms. The molecular formula is C17H17NO6S. The molecule has 0 saturated carbocycles. The highest BCUT2D eigenvalue weighted by atomic mass is 32.2. The minimum Gasteiger partial charge on any atom is -0.478 e. The van der Waals surface area contributed by atoms with Crippen molar-refractivity contribution in [2.45, 2.75) is 19.8 Å². The summed E-state index contributed by atoms with van der Waals surface area (Å²) < 4.78 is 4.96. The van der Waals surface area contributed by atoms with Gasteiger partial charge in [-0.3, -0.25) is 19.3 Å². The van der Waals surface area contributed by atoms with Crippen LogP contribution in [0.4, 0.5) is 4.79 Å². The third-order valence-corrected chi connectivity index (χ3v) is 4.28. The van der Waals surface area contributed by atoms with Gasteiger partial charge in [0.25, 0.3) is 11.1 Å². The van der Waals surface area contributed by atoms with Gasteiger partial charge in [-0.15, -0.1) is 0 Å². The number of carbonyl (C=O) groups is 4. The number of hydrogen-bond acceptors (Lipinski definition) is 6. The van der Waals surface area contributed by atoms with Crippen LogP contribution in [-0.4, -0.2) is 46.2 Å². The molecule has 25 heavy (non-hydrogen) atoms. The van der Waals surface area contributed by atoms with E-state index in [1.54, 1.807) is 0 Å². The number of amides is 2. The second-order valence-electron chi connectivity index (χ2n) is 5.27. The lowest BCUT2D eigenvalue weighted by molar-refractivity contribution is -0.146. The Kier molecular flexibility index (Phi) is 6.35. The van der Waals surface area contributed by atoms with E-state index in [-0.39, 0.29) is 17.1 Å². The molecule has 1 saturated heterocycles. The SMILES string of the molecule is CCCCOC(=O)CN1C(=O)S/C(=C\c2ccc(C(=O)O)cc2)C1=O. The van der Waals surface area contributed by atoms with E-state index in [9.17, 15) is 19.2 Å². The molecule has 1 aromatic rings. The van der Waals surface area contributed by atoms with Gasteiger partial charge in [0.15, 0.2) is 0 Å². The van der Waals surface area contributed by atoms with Crippen molar-refractivity contribution in [2.75, 3.05) is 13.2 Å². The van der Waals surface area contributed by atoms with Crippen LogP contribution in [0.3, 0.4) is 0 Å². The van der Waals surface area contributed by atoms with Gasteiger partial charge in [0, 0.05) is 0 Å². The number of carboxylic acid groups (broad SMARTS) is 1. The lowest BCUT2D eigenvalue weighted by Gasteiger charge is -2.11. The number of thioether (sulfide) groups is 1. The maximum atomic E-state index is 12.3. The molecule has 0 atom stereocenters. The summed E-state index contributed by atoms with van der Waals surface area (Å²) in [4.78, 5) is 47.7. The van der Waals surface area contributed by atoms with Crippen molar-refractivity contribution in [3.8, 4) is 0 Å². The fraction of sp³-hybridized carbons (Fsp3) is 0.294. The van der Waals surface area contributed by atoms with Crippen molar-refractivity contribution in [3.05, 3.63) is 40.3 Å². The average molecular weight is 363 g/mol. The van der Waals surface area contributed by atoms with Gasteiger partial charge >= 0.3 is 11.9 Å². The summed E-state index contributed by atoms with van der Waals surface area (Å²) in [6.45, 7) is 1.80. The van der Waals surface area contributed by atoms with Gasteiger partial charge in [-0.2, -0.15) is 0 Å². The zero-order valence-corrected chi connectivity index (χ0v) is 14.4. The predicted molar refractivity (Wildman–Crippen MR) is 91.9 cm³/mol. The maximum Gasteiger partial charge on any atom is 0.335 e. The zero-order valence-electron chi connectivity index (χ0n) is 13.6. The number of carboxylic acids is 1. The van der Waals surface area contributed by atoms with E-state index < -0.39 is 29.6 Å². The van der Waals surface area contributed by atoms with E-state index in [1.807, 2.05) is 6.92 Å². The molecule has 8 heteroatoms. The third-order valence-electron chi connectivity index (χ3n) is 3.38. The molecular weight excluding hydrogens is 346 g/mol. The summed E-state index contributed by atoms with van der Waals surface area (Å²) >= 11 is 0.732. The van der Waals surface area contributed by atoms with Crippen LogP contribution < -0.4 is 0 Å². The molecule has 1 aliphatic rings. The van der Waals surface area contributed by atoms with Crippen LogP contribution in [0.2, 0.25) is 0 Å². The van der Waals surface area contributed by atoms with E-state index in [2.05, 4.69) is 0 Å². The molecule has 2 amide bonds. The van der Waals surface area contributed by atoms with Gasteiger partial charge in [-0.05, 0) is 42.0 Å². The number of imide groups is 1. The monoisotopic (exact) mass is 363 g/mol. The van der Waals surface area contributed by atoms with Gasteiger partial charge in [0.1, 0.15) is 6.54 Å². The van der Waals surface area contributed by atoms with Crippen molar-refractivity contribution in [2.24, 2.45) is 0 Å². The first-order chi connectivity index (χ1) is 11.9. The number of rotatable bonds is 7. The van der Waals surface area contributed by atoms with Gasteiger partial charge in [-0.25, -0.2) is 4.79 Å². The smallest absolute Gasteiger partial charge is 0.335 e. The van der Waals surface area contributed by atoms with Gasteiger partial charge in [-0.1, -0.05) is 25.5 Å². The molecule has 1 aliphatic heterocycles. The number of benzene rings is 1. The van der Waals surface area contributed by atoms with Crippen molar-refractivity contribution >= 4 is 40.9 Å². The summed E-state index contributed by atoms with van der Waals surface area (Å²) in [6, 6.07) is 5.89. The predicted octanol–water partition coefficient (Wildman–Crippen LogP) is 2.76. The number of ether oxygens (including phenoxy) is 1. The fourth-order valence-corrected chi connectivity index (χ4v) is 2.85. The first-order valence-electron chi connectivity index (χ1n) is 7.66. The Morgan fingerprint density at radius 2 is 1.92 bits per heavy atom. The molecule has 0 aliphatic carbocycles. The summed E-state index contributed by atoms with van der Waals surface area (Å²) in [5, 5.41) is 8.33. The highest BCUT2D eigenvalue weighted by Crippen LogP contribution is 2.32. The van der Waals surface area contributed by atoms with Gasteiger partial charge in [0.05, 0.1) is 17.1 Å². The molecule has 2 rings (SSSR count). The Balaban J connectivity index is 2.04. The first kappa shape index (κ1) is 18.7. The molecule has 1 aromatic carbocycles. The van der Waals surface area contributed by atoms with E-state index in [0.717, 1.165) is 29.5 Å². The molecule has 132 valence electrons. The largest absolute Gasteiger partial charge is 0.478 e. The second-order valence-corrected chi connectivity index (χ2v) is 6.26. The molecule has 0 radical (unpaired) electrons. The van der Waals surface area contributed by atoms with Gasteiger partial charge < -0.3 is 9.84 Å². The average Bonchev–Trinajstić information content (AvgIpc) is 2.83. The lowest BCUT2D eigenvalue weighted by Crippen LogP contribution is -2.34. The van der Waals surface area contributed by atoms with E-state index in [4.69, 9.17) is 9.84 Å². The number of esters is 1. The zero-order chi connectivity index (χ0) is 18.4. The maximum absolute atomic E-state index is 12.3. The highest BCUT2D eigenvalue weighted by Gasteiger charge is 2.36. The van der Waals surface area contributed by atoms with E-state index in [0.29, 0.717) is 5.56 Å².